The molecule has 3 rings (SSSR count). The second-order valence-electron chi connectivity index (χ2n) is 4.99. The Morgan fingerprint density at radius 1 is 1.14 bits per heavy atom. The number of benzene rings is 1. The minimum atomic E-state index is -0.233. The Morgan fingerprint density at radius 3 is 2.86 bits per heavy atom. The Balaban J connectivity index is 1.48. The smallest absolute Gasteiger partial charge is 0.319 e. The van der Waals surface area contributed by atoms with Crippen LogP contribution in [0.15, 0.2) is 48.9 Å². The van der Waals surface area contributed by atoms with Gasteiger partial charge in [-0.15, -0.1) is 0 Å². The van der Waals surface area contributed by atoms with E-state index in [9.17, 15) is 4.79 Å². The number of amides is 2. The summed E-state index contributed by atoms with van der Waals surface area (Å²) in [5.74, 6) is 0. The molecular formula is C16H17N5O. The third-order valence-electron chi connectivity index (χ3n) is 3.39. The predicted molar refractivity (Wildman–Crippen MR) is 85.7 cm³/mol. The Kier molecular flexibility index (Phi) is 4.29. The molecule has 0 saturated heterocycles. The second kappa shape index (κ2) is 6.71. The summed E-state index contributed by atoms with van der Waals surface area (Å²) < 4.78 is 0. The molecule has 0 bridgehead atoms. The molecule has 2 heterocycles. The van der Waals surface area contributed by atoms with Gasteiger partial charge in [0.25, 0.3) is 0 Å². The number of fused-ring (bicyclic) bond motifs is 1. The number of hydrogen-bond donors (Lipinski definition) is 3. The zero-order chi connectivity index (χ0) is 15.2. The van der Waals surface area contributed by atoms with E-state index in [1.165, 1.54) is 5.56 Å². The van der Waals surface area contributed by atoms with Gasteiger partial charge in [0.15, 0.2) is 0 Å². The number of urea groups is 1. The van der Waals surface area contributed by atoms with Crippen LogP contribution in [-0.4, -0.2) is 27.8 Å². The number of anilines is 1. The molecule has 22 heavy (non-hydrogen) atoms. The van der Waals surface area contributed by atoms with E-state index in [2.05, 4.69) is 37.9 Å². The molecule has 112 valence electrons. The molecule has 0 fully saturated rings. The largest absolute Gasteiger partial charge is 0.338 e. The SMILES string of the molecule is O=C(NCCCc1ccccc1)Nc1cncc2[nH]ncc12. The van der Waals surface area contributed by atoms with Crippen molar-refractivity contribution in [2.45, 2.75) is 12.8 Å². The highest BCUT2D eigenvalue weighted by atomic mass is 16.2. The van der Waals surface area contributed by atoms with E-state index in [0.717, 1.165) is 23.7 Å². The summed E-state index contributed by atoms with van der Waals surface area (Å²) >= 11 is 0. The van der Waals surface area contributed by atoms with Crippen molar-refractivity contribution >= 4 is 22.6 Å². The Labute approximate surface area is 128 Å². The molecule has 0 aliphatic heterocycles. The van der Waals surface area contributed by atoms with Crippen LogP contribution in [0.2, 0.25) is 0 Å². The topological polar surface area (TPSA) is 82.7 Å². The first-order valence-corrected chi connectivity index (χ1v) is 7.19. The number of H-pyrrole nitrogens is 1. The zero-order valence-electron chi connectivity index (χ0n) is 12.0. The lowest BCUT2D eigenvalue weighted by Crippen LogP contribution is -2.29. The molecule has 0 radical (unpaired) electrons. The third-order valence-corrected chi connectivity index (χ3v) is 3.39. The van der Waals surface area contributed by atoms with Crippen molar-refractivity contribution in [2.24, 2.45) is 0 Å². The molecule has 3 aromatic rings. The van der Waals surface area contributed by atoms with E-state index in [0.29, 0.717) is 12.2 Å². The van der Waals surface area contributed by atoms with Crippen LogP contribution in [0.5, 0.6) is 0 Å². The summed E-state index contributed by atoms with van der Waals surface area (Å²) in [4.78, 5) is 16.0. The van der Waals surface area contributed by atoms with Crippen molar-refractivity contribution in [3.05, 3.63) is 54.5 Å². The molecule has 3 N–H and O–H groups in total. The lowest BCUT2D eigenvalue weighted by molar-refractivity contribution is 0.252. The van der Waals surface area contributed by atoms with Gasteiger partial charge in [0.1, 0.15) is 0 Å². The summed E-state index contributed by atoms with van der Waals surface area (Å²) in [5.41, 5.74) is 2.71. The lowest BCUT2D eigenvalue weighted by atomic mass is 10.1. The highest BCUT2D eigenvalue weighted by Crippen LogP contribution is 2.19. The standard InChI is InChI=1S/C16H17N5O/c22-16(18-8-4-7-12-5-2-1-3-6-12)20-14-10-17-11-15-13(14)9-19-21-15/h1-3,5-6,9-11H,4,7-8H2,(H,19,21)(H2,18,20,22). The number of nitrogens with zero attached hydrogens (tertiary/aromatic N) is 2. The Hall–Kier alpha value is -2.89. The molecule has 6 nitrogen and oxygen atoms in total. The number of nitrogens with one attached hydrogen (secondary N) is 3. The first kappa shape index (κ1) is 14.1. The highest BCUT2D eigenvalue weighted by Gasteiger charge is 2.06. The van der Waals surface area contributed by atoms with Gasteiger partial charge in [-0.25, -0.2) is 4.79 Å². The number of aryl methyl sites for hydroxylation is 1. The number of carbonyl (C=O) groups excluding carboxylic acids is 1. The van der Waals surface area contributed by atoms with Gasteiger partial charge >= 0.3 is 6.03 Å². The summed E-state index contributed by atoms with van der Waals surface area (Å²) in [6, 6.07) is 9.99. The molecule has 2 amide bonds. The molecule has 0 saturated carbocycles. The van der Waals surface area contributed by atoms with E-state index in [1.54, 1.807) is 18.6 Å². The normalized spacial score (nSPS) is 10.5. The van der Waals surface area contributed by atoms with Crippen LogP contribution in [0.25, 0.3) is 10.9 Å². The van der Waals surface area contributed by atoms with Crippen molar-refractivity contribution in [3.8, 4) is 0 Å². The van der Waals surface area contributed by atoms with Crippen LogP contribution in [-0.2, 0) is 6.42 Å². The van der Waals surface area contributed by atoms with Crippen molar-refractivity contribution in [1.82, 2.24) is 20.5 Å². The van der Waals surface area contributed by atoms with Gasteiger partial charge in [-0.05, 0) is 18.4 Å². The lowest BCUT2D eigenvalue weighted by Gasteiger charge is -2.08. The van der Waals surface area contributed by atoms with E-state index < -0.39 is 0 Å². The first-order valence-electron chi connectivity index (χ1n) is 7.19. The number of hydrogen-bond acceptors (Lipinski definition) is 3. The van der Waals surface area contributed by atoms with Gasteiger partial charge in [0.05, 0.1) is 29.8 Å². The molecule has 0 aliphatic carbocycles. The quantitative estimate of drug-likeness (QED) is 0.633. The number of rotatable bonds is 5. The van der Waals surface area contributed by atoms with Crippen LogP contribution in [0.4, 0.5) is 10.5 Å². The average Bonchev–Trinajstić information content (AvgIpc) is 3.02. The van der Waals surface area contributed by atoms with Crippen molar-refractivity contribution in [1.29, 1.82) is 0 Å². The zero-order valence-corrected chi connectivity index (χ0v) is 12.0. The summed E-state index contributed by atoms with van der Waals surface area (Å²) in [7, 11) is 0. The Bertz CT molecular complexity index is 753. The fraction of sp³-hybridized carbons (Fsp3) is 0.188. The molecule has 1 aromatic carbocycles. The minimum Gasteiger partial charge on any atom is -0.338 e. The van der Waals surface area contributed by atoms with E-state index in [1.807, 2.05) is 18.2 Å². The van der Waals surface area contributed by atoms with Gasteiger partial charge in [-0.1, -0.05) is 30.3 Å². The van der Waals surface area contributed by atoms with Crippen molar-refractivity contribution in [2.75, 3.05) is 11.9 Å². The van der Waals surface area contributed by atoms with E-state index in [-0.39, 0.29) is 6.03 Å². The maximum atomic E-state index is 11.9. The van der Waals surface area contributed by atoms with Crippen LogP contribution in [0.3, 0.4) is 0 Å². The minimum absolute atomic E-state index is 0.233. The van der Waals surface area contributed by atoms with Crippen LogP contribution in [0, 0.1) is 0 Å². The van der Waals surface area contributed by atoms with Gasteiger partial charge in [-0.2, -0.15) is 5.10 Å². The van der Waals surface area contributed by atoms with Crippen LogP contribution >= 0.6 is 0 Å². The van der Waals surface area contributed by atoms with E-state index >= 15 is 0 Å². The Morgan fingerprint density at radius 2 is 2.00 bits per heavy atom. The number of aromatic amines is 1. The number of aromatic nitrogens is 3. The van der Waals surface area contributed by atoms with Crippen LogP contribution in [0.1, 0.15) is 12.0 Å². The molecule has 2 aromatic heterocycles. The maximum Gasteiger partial charge on any atom is 0.319 e. The van der Waals surface area contributed by atoms with Crippen molar-refractivity contribution < 1.29 is 4.79 Å². The van der Waals surface area contributed by atoms with Crippen LogP contribution < -0.4 is 10.6 Å². The van der Waals surface area contributed by atoms with Gasteiger partial charge < -0.3 is 10.6 Å². The van der Waals surface area contributed by atoms with Gasteiger partial charge in [-0.3, -0.25) is 10.1 Å². The molecular weight excluding hydrogens is 278 g/mol. The molecule has 0 aliphatic rings. The van der Waals surface area contributed by atoms with Gasteiger partial charge in [0, 0.05) is 11.9 Å². The third kappa shape index (κ3) is 3.41. The average molecular weight is 295 g/mol. The molecule has 0 atom stereocenters. The molecule has 0 unspecified atom stereocenters. The second-order valence-corrected chi connectivity index (χ2v) is 4.99. The molecule has 6 heteroatoms. The number of carbonyl (C=O) groups is 1. The van der Waals surface area contributed by atoms with E-state index in [4.69, 9.17) is 0 Å². The summed E-state index contributed by atoms with van der Waals surface area (Å²) in [5, 5.41) is 13.3. The maximum absolute atomic E-state index is 11.9. The van der Waals surface area contributed by atoms with Crippen molar-refractivity contribution in [3.63, 3.8) is 0 Å². The fourth-order valence-electron chi connectivity index (χ4n) is 2.27. The number of pyridine rings is 1. The fourth-order valence-corrected chi connectivity index (χ4v) is 2.27. The van der Waals surface area contributed by atoms with Gasteiger partial charge in [0.2, 0.25) is 0 Å². The first-order chi connectivity index (χ1) is 10.8. The summed E-state index contributed by atoms with van der Waals surface area (Å²) in [6.45, 7) is 0.621. The predicted octanol–water partition coefficient (Wildman–Crippen LogP) is 2.71. The molecule has 0 spiro atoms. The summed E-state index contributed by atoms with van der Waals surface area (Å²) in [6.07, 6.45) is 6.79. The highest BCUT2D eigenvalue weighted by molar-refractivity contribution is 5.99. The monoisotopic (exact) mass is 295 g/mol.